The quantitative estimate of drug-likeness (QED) is 0.258. The highest BCUT2D eigenvalue weighted by molar-refractivity contribution is 14.0. The number of benzene rings is 2. The van der Waals surface area contributed by atoms with Crippen LogP contribution in [0.3, 0.4) is 0 Å². The van der Waals surface area contributed by atoms with Gasteiger partial charge in [-0.3, -0.25) is 4.99 Å². The Kier molecular flexibility index (Phi) is 11.8. The Morgan fingerprint density at radius 2 is 1.54 bits per heavy atom. The molecule has 0 heterocycles. The number of sulfonamides is 1. The number of halogens is 1. The van der Waals surface area contributed by atoms with Crippen LogP contribution in [0.15, 0.2) is 65.7 Å². The van der Waals surface area contributed by atoms with Crippen LogP contribution in [0, 0.1) is 0 Å². The maximum absolute atomic E-state index is 12.1. The van der Waals surface area contributed by atoms with E-state index in [9.17, 15) is 8.42 Å². The van der Waals surface area contributed by atoms with Gasteiger partial charge in [0.2, 0.25) is 10.0 Å². The zero-order valence-electron chi connectivity index (χ0n) is 16.1. The van der Waals surface area contributed by atoms with Crippen LogP contribution in [0.5, 0.6) is 0 Å². The topological polar surface area (TPSA) is 82.6 Å². The maximum atomic E-state index is 12.1. The molecule has 28 heavy (non-hydrogen) atoms. The van der Waals surface area contributed by atoms with E-state index in [1.165, 1.54) is 5.56 Å². The standard InChI is InChI=1S/C20H28N4O2S.HI/c1-2-21-20(22-14-13-18-9-5-3-6-10-18)23-15-16-27(25,26)24-17-19-11-7-4-8-12-19;/h3-12,24H,2,13-17H2,1H3,(H2,21,22,23);1H. The van der Waals surface area contributed by atoms with Crippen molar-refractivity contribution in [1.82, 2.24) is 15.4 Å². The molecule has 2 aromatic rings. The van der Waals surface area contributed by atoms with Crippen molar-refractivity contribution >= 4 is 40.0 Å². The van der Waals surface area contributed by atoms with Crippen LogP contribution in [0.1, 0.15) is 18.1 Å². The van der Waals surface area contributed by atoms with Crippen molar-refractivity contribution in [3.8, 4) is 0 Å². The molecular weight excluding hydrogens is 487 g/mol. The minimum Gasteiger partial charge on any atom is -0.357 e. The van der Waals surface area contributed by atoms with E-state index in [0.29, 0.717) is 12.5 Å². The summed E-state index contributed by atoms with van der Waals surface area (Å²) in [5.74, 6) is 0.585. The highest BCUT2D eigenvalue weighted by Crippen LogP contribution is 1.99. The predicted molar refractivity (Wildman–Crippen MR) is 127 cm³/mol. The van der Waals surface area contributed by atoms with Gasteiger partial charge in [0.1, 0.15) is 0 Å². The van der Waals surface area contributed by atoms with E-state index in [1.807, 2.05) is 55.5 Å². The van der Waals surface area contributed by atoms with Gasteiger partial charge in [-0.1, -0.05) is 60.7 Å². The largest absolute Gasteiger partial charge is 0.357 e. The minimum absolute atomic E-state index is 0. The average molecular weight is 516 g/mol. The fraction of sp³-hybridized carbons (Fsp3) is 0.350. The molecule has 0 amide bonds. The van der Waals surface area contributed by atoms with Crippen LogP contribution < -0.4 is 15.4 Å². The highest BCUT2D eigenvalue weighted by Gasteiger charge is 2.09. The summed E-state index contributed by atoms with van der Waals surface area (Å²) in [6.45, 7) is 3.92. The summed E-state index contributed by atoms with van der Waals surface area (Å²) in [6, 6.07) is 19.6. The van der Waals surface area contributed by atoms with Crippen LogP contribution in [-0.4, -0.2) is 39.8 Å². The second kappa shape index (κ2) is 13.5. The van der Waals surface area contributed by atoms with Crippen LogP contribution in [-0.2, 0) is 23.0 Å². The van der Waals surface area contributed by atoms with Gasteiger partial charge < -0.3 is 10.6 Å². The van der Waals surface area contributed by atoms with Gasteiger partial charge >= 0.3 is 0 Å². The van der Waals surface area contributed by atoms with E-state index in [0.717, 1.165) is 25.1 Å². The molecule has 0 aromatic heterocycles. The molecule has 3 N–H and O–H groups in total. The molecule has 0 aliphatic carbocycles. The first kappa shape index (κ1) is 24.4. The Hall–Kier alpha value is -1.65. The number of hydrogen-bond acceptors (Lipinski definition) is 3. The smallest absolute Gasteiger partial charge is 0.213 e. The van der Waals surface area contributed by atoms with Crippen molar-refractivity contribution in [2.75, 3.05) is 25.4 Å². The second-order valence-corrected chi connectivity index (χ2v) is 7.98. The normalized spacial score (nSPS) is 11.5. The lowest BCUT2D eigenvalue weighted by Crippen LogP contribution is -2.39. The van der Waals surface area contributed by atoms with Crippen molar-refractivity contribution in [1.29, 1.82) is 0 Å². The third-order valence-corrected chi connectivity index (χ3v) is 5.17. The molecule has 2 rings (SSSR count). The van der Waals surface area contributed by atoms with Gasteiger partial charge in [-0.25, -0.2) is 13.1 Å². The molecule has 0 radical (unpaired) electrons. The molecule has 8 heteroatoms. The Balaban J connectivity index is 0.00000392. The first-order valence-electron chi connectivity index (χ1n) is 9.16. The monoisotopic (exact) mass is 516 g/mol. The summed E-state index contributed by atoms with van der Waals surface area (Å²) in [5, 5.41) is 6.37. The van der Waals surface area contributed by atoms with Crippen LogP contribution in [0.4, 0.5) is 0 Å². The summed E-state index contributed by atoms with van der Waals surface area (Å²) in [7, 11) is -3.37. The number of rotatable bonds is 10. The van der Waals surface area contributed by atoms with Gasteiger partial charge in [0.25, 0.3) is 0 Å². The van der Waals surface area contributed by atoms with E-state index in [-0.39, 0.29) is 36.3 Å². The molecule has 0 spiro atoms. The lowest BCUT2D eigenvalue weighted by Gasteiger charge is -2.11. The Labute approximate surface area is 185 Å². The molecule has 2 aromatic carbocycles. The third-order valence-electron chi connectivity index (χ3n) is 3.86. The number of guanidine groups is 1. The molecule has 0 aliphatic rings. The van der Waals surface area contributed by atoms with Gasteiger partial charge in [0.05, 0.1) is 12.3 Å². The molecule has 154 valence electrons. The van der Waals surface area contributed by atoms with Gasteiger partial charge in [-0.05, 0) is 24.5 Å². The average Bonchev–Trinajstić information content (AvgIpc) is 2.68. The summed E-state index contributed by atoms with van der Waals surface area (Å²) in [5.41, 5.74) is 2.18. The van der Waals surface area contributed by atoms with E-state index >= 15 is 0 Å². The SMILES string of the molecule is CCNC(=NCCS(=O)(=O)NCc1ccccc1)NCCc1ccccc1.I. The zero-order chi connectivity index (χ0) is 19.4. The molecule has 0 atom stereocenters. The van der Waals surface area contributed by atoms with Crippen molar-refractivity contribution in [2.24, 2.45) is 4.99 Å². The molecule has 6 nitrogen and oxygen atoms in total. The van der Waals surface area contributed by atoms with Gasteiger partial charge in [0, 0.05) is 19.6 Å². The third kappa shape index (κ3) is 10.0. The van der Waals surface area contributed by atoms with Gasteiger partial charge in [-0.15, -0.1) is 24.0 Å². The van der Waals surface area contributed by atoms with Gasteiger partial charge in [-0.2, -0.15) is 0 Å². The summed E-state index contributed by atoms with van der Waals surface area (Å²) >= 11 is 0. The van der Waals surface area contributed by atoms with Crippen molar-refractivity contribution in [3.05, 3.63) is 71.8 Å². The molecule has 0 aliphatic heterocycles. The fourth-order valence-corrected chi connectivity index (χ4v) is 3.31. The van der Waals surface area contributed by atoms with Crippen molar-refractivity contribution in [2.45, 2.75) is 19.9 Å². The van der Waals surface area contributed by atoms with E-state index in [4.69, 9.17) is 0 Å². The van der Waals surface area contributed by atoms with Gasteiger partial charge in [0.15, 0.2) is 5.96 Å². The fourth-order valence-electron chi connectivity index (χ4n) is 2.45. The molecular formula is C20H29IN4O2S. The van der Waals surface area contributed by atoms with E-state index < -0.39 is 10.0 Å². The summed E-state index contributed by atoms with van der Waals surface area (Å²) in [4.78, 5) is 4.36. The number of aliphatic imine (C=N–C) groups is 1. The number of nitrogens with one attached hydrogen (secondary N) is 3. The highest BCUT2D eigenvalue weighted by atomic mass is 127. The van der Waals surface area contributed by atoms with Crippen molar-refractivity contribution < 1.29 is 8.42 Å². The first-order chi connectivity index (χ1) is 13.1. The molecule has 0 saturated heterocycles. The maximum Gasteiger partial charge on any atom is 0.213 e. The molecule has 0 saturated carbocycles. The predicted octanol–water partition coefficient (Wildman–Crippen LogP) is 2.52. The number of hydrogen-bond donors (Lipinski definition) is 3. The van der Waals surface area contributed by atoms with E-state index in [2.05, 4.69) is 32.5 Å². The second-order valence-electron chi connectivity index (χ2n) is 6.05. The lowest BCUT2D eigenvalue weighted by molar-refractivity contribution is 0.581. The first-order valence-corrected chi connectivity index (χ1v) is 10.8. The molecule has 0 fully saturated rings. The zero-order valence-corrected chi connectivity index (χ0v) is 19.2. The van der Waals surface area contributed by atoms with Crippen LogP contribution >= 0.6 is 24.0 Å². The Morgan fingerprint density at radius 1 is 0.929 bits per heavy atom. The lowest BCUT2D eigenvalue weighted by atomic mass is 10.1. The summed E-state index contributed by atoms with van der Waals surface area (Å²) < 4.78 is 26.9. The summed E-state index contributed by atoms with van der Waals surface area (Å²) in [6.07, 6.45) is 0.877. The Morgan fingerprint density at radius 3 is 2.14 bits per heavy atom. The van der Waals surface area contributed by atoms with Crippen LogP contribution in [0.2, 0.25) is 0 Å². The number of nitrogens with zero attached hydrogens (tertiary/aromatic N) is 1. The molecule has 0 unspecified atom stereocenters. The Bertz CT molecular complexity index is 799. The minimum atomic E-state index is -3.37. The van der Waals surface area contributed by atoms with Crippen molar-refractivity contribution in [3.63, 3.8) is 0 Å². The molecule has 0 bridgehead atoms. The van der Waals surface area contributed by atoms with E-state index in [1.54, 1.807) is 0 Å². The van der Waals surface area contributed by atoms with Crippen LogP contribution in [0.25, 0.3) is 0 Å².